The van der Waals surface area contributed by atoms with Crippen molar-refractivity contribution >= 4 is 23.4 Å². The first kappa shape index (κ1) is 15.7. The Hall–Kier alpha value is -2.64. The van der Waals surface area contributed by atoms with Crippen molar-refractivity contribution in [3.63, 3.8) is 0 Å². The zero-order chi connectivity index (χ0) is 16.1. The Labute approximate surface area is 127 Å². The highest BCUT2D eigenvalue weighted by atomic mass is 16.5. The molecular formula is C14H19N5O3. The van der Waals surface area contributed by atoms with E-state index in [1.54, 1.807) is 22.6 Å². The number of ether oxygens (including phenoxy) is 1. The Balaban J connectivity index is 2.02. The van der Waals surface area contributed by atoms with Crippen molar-refractivity contribution in [2.75, 3.05) is 12.4 Å². The number of nitrogens with zero attached hydrogens (tertiary/aromatic N) is 3. The first-order valence-electron chi connectivity index (χ1n) is 6.98. The molecule has 0 saturated carbocycles. The molecule has 118 valence electrons. The van der Waals surface area contributed by atoms with Crippen molar-refractivity contribution in [3.8, 4) is 5.88 Å². The van der Waals surface area contributed by atoms with Gasteiger partial charge in [-0.1, -0.05) is 6.07 Å². The van der Waals surface area contributed by atoms with Crippen LogP contribution in [0.25, 0.3) is 5.65 Å². The van der Waals surface area contributed by atoms with Gasteiger partial charge in [-0.25, -0.2) is 4.40 Å². The molecule has 2 aromatic heterocycles. The number of hydrogen-bond donors (Lipinski definition) is 2. The fraction of sp³-hybridized carbons (Fsp3) is 0.429. The zero-order valence-electron chi connectivity index (χ0n) is 12.8. The van der Waals surface area contributed by atoms with Crippen LogP contribution in [0.3, 0.4) is 0 Å². The standard InChI is InChI=1S/C14H19N5O3/c1-9(2)15-11(20)7-8-12(21)16-14-18-17-10-5-4-6-13(22-3)19(10)14/h4-6,9H,7-8H2,1-3H3,(H,15,20)(H,16,18,21). The van der Waals surface area contributed by atoms with Crippen LogP contribution >= 0.6 is 0 Å². The number of nitrogens with one attached hydrogen (secondary N) is 2. The molecule has 0 saturated heterocycles. The molecule has 0 aliphatic heterocycles. The van der Waals surface area contributed by atoms with E-state index < -0.39 is 0 Å². The van der Waals surface area contributed by atoms with Gasteiger partial charge in [0.1, 0.15) is 0 Å². The molecule has 0 fully saturated rings. The lowest BCUT2D eigenvalue weighted by atomic mass is 10.2. The van der Waals surface area contributed by atoms with Crippen molar-refractivity contribution in [2.24, 2.45) is 0 Å². The highest BCUT2D eigenvalue weighted by Gasteiger charge is 2.13. The van der Waals surface area contributed by atoms with E-state index in [9.17, 15) is 9.59 Å². The lowest BCUT2D eigenvalue weighted by Crippen LogP contribution is -2.30. The van der Waals surface area contributed by atoms with Crippen LogP contribution in [0.15, 0.2) is 18.2 Å². The van der Waals surface area contributed by atoms with E-state index in [2.05, 4.69) is 20.8 Å². The maximum Gasteiger partial charge on any atom is 0.238 e. The van der Waals surface area contributed by atoms with Gasteiger partial charge in [-0.3, -0.25) is 14.9 Å². The fourth-order valence-corrected chi connectivity index (χ4v) is 1.96. The lowest BCUT2D eigenvalue weighted by molar-refractivity contribution is -0.124. The smallest absolute Gasteiger partial charge is 0.238 e. The maximum absolute atomic E-state index is 11.9. The predicted molar refractivity (Wildman–Crippen MR) is 80.7 cm³/mol. The molecule has 0 aliphatic carbocycles. The summed E-state index contributed by atoms with van der Waals surface area (Å²) in [6, 6.07) is 5.33. The van der Waals surface area contributed by atoms with Crippen molar-refractivity contribution in [3.05, 3.63) is 18.2 Å². The van der Waals surface area contributed by atoms with Gasteiger partial charge in [0, 0.05) is 18.9 Å². The minimum absolute atomic E-state index is 0.0558. The van der Waals surface area contributed by atoms with Gasteiger partial charge in [0.2, 0.25) is 23.6 Å². The molecule has 22 heavy (non-hydrogen) atoms. The van der Waals surface area contributed by atoms with Gasteiger partial charge in [0.15, 0.2) is 5.65 Å². The van der Waals surface area contributed by atoms with E-state index in [-0.39, 0.29) is 36.6 Å². The average Bonchev–Trinajstić information content (AvgIpc) is 2.87. The fourth-order valence-electron chi connectivity index (χ4n) is 1.96. The molecule has 0 bridgehead atoms. The van der Waals surface area contributed by atoms with E-state index in [0.717, 1.165) is 0 Å². The topological polar surface area (TPSA) is 97.6 Å². The van der Waals surface area contributed by atoms with Crippen LogP contribution in [-0.4, -0.2) is 39.6 Å². The molecular weight excluding hydrogens is 286 g/mol. The largest absolute Gasteiger partial charge is 0.482 e. The quantitative estimate of drug-likeness (QED) is 0.829. The Morgan fingerprint density at radius 2 is 1.95 bits per heavy atom. The molecule has 8 heteroatoms. The van der Waals surface area contributed by atoms with Crippen LogP contribution in [0, 0.1) is 0 Å². The number of pyridine rings is 1. The molecule has 2 rings (SSSR count). The summed E-state index contributed by atoms with van der Waals surface area (Å²) in [7, 11) is 1.52. The first-order chi connectivity index (χ1) is 10.5. The average molecular weight is 305 g/mol. The van der Waals surface area contributed by atoms with Crippen LogP contribution in [0.1, 0.15) is 26.7 Å². The van der Waals surface area contributed by atoms with Gasteiger partial charge in [-0.15, -0.1) is 10.2 Å². The van der Waals surface area contributed by atoms with Gasteiger partial charge < -0.3 is 10.1 Å². The molecule has 2 aromatic rings. The summed E-state index contributed by atoms with van der Waals surface area (Å²) in [6.45, 7) is 3.74. The van der Waals surface area contributed by atoms with Crippen molar-refractivity contribution < 1.29 is 14.3 Å². The SMILES string of the molecule is COc1cccc2nnc(NC(=O)CCC(=O)NC(C)C)n12. The number of hydrogen-bond acceptors (Lipinski definition) is 5. The van der Waals surface area contributed by atoms with Crippen molar-refractivity contribution in [1.29, 1.82) is 0 Å². The first-order valence-corrected chi connectivity index (χ1v) is 6.98. The Bertz CT molecular complexity index is 680. The molecule has 2 amide bonds. The van der Waals surface area contributed by atoms with E-state index in [1.807, 2.05) is 13.8 Å². The minimum Gasteiger partial charge on any atom is -0.482 e. The van der Waals surface area contributed by atoms with Gasteiger partial charge in [0.05, 0.1) is 7.11 Å². The number of rotatable bonds is 6. The summed E-state index contributed by atoms with van der Waals surface area (Å²) >= 11 is 0. The molecule has 0 atom stereocenters. The van der Waals surface area contributed by atoms with E-state index in [1.165, 1.54) is 7.11 Å². The van der Waals surface area contributed by atoms with Crippen LogP contribution in [-0.2, 0) is 9.59 Å². The van der Waals surface area contributed by atoms with Gasteiger partial charge >= 0.3 is 0 Å². The third-order valence-corrected chi connectivity index (χ3v) is 2.88. The summed E-state index contributed by atoms with van der Waals surface area (Å²) in [6.07, 6.45) is 0.195. The monoisotopic (exact) mass is 305 g/mol. The van der Waals surface area contributed by atoms with Crippen LogP contribution in [0.5, 0.6) is 5.88 Å². The van der Waals surface area contributed by atoms with E-state index in [0.29, 0.717) is 11.5 Å². The number of carbonyl (C=O) groups excluding carboxylic acids is 2. The van der Waals surface area contributed by atoms with Gasteiger partial charge in [0.25, 0.3) is 0 Å². The highest BCUT2D eigenvalue weighted by Crippen LogP contribution is 2.18. The second-order valence-electron chi connectivity index (χ2n) is 5.06. The lowest BCUT2D eigenvalue weighted by Gasteiger charge is -2.09. The molecule has 8 nitrogen and oxygen atoms in total. The highest BCUT2D eigenvalue weighted by molar-refractivity contribution is 5.92. The molecule has 0 radical (unpaired) electrons. The van der Waals surface area contributed by atoms with Crippen molar-refractivity contribution in [1.82, 2.24) is 19.9 Å². The van der Waals surface area contributed by atoms with E-state index in [4.69, 9.17) is 4.74 Å². The number of fused-ring (bicyclic) bond motifs is 1. The Morgan fingerprint density at radius 3 is 2.64 bits per heavy atom. The second-order valence-corrected chi connectivity index (χ2v) is 5.06. The van der Waals surface area contributed by atoms with Crippen LogP contribution in [0.2, 0.25) is 0 Å². The summed E-state index contributed by atoms with van der Waals surface area (Å²) in [5.41, 5.74) is 0.562. The third kappa shape index (κ3) is 3.72. The van der Waals surface area contributed by atoms with Crippen LogP contribution in [0.4, 0.5) is 5.95 Å². The summed E-state index contributed by atoms with van der Waals surface area (Å²) in [5.74, 6) is 0.310. The van der Waals surface area contributed by atoms with Crippen molar-refractivity contribution in [2.45, 2.75) is 32.7 Å². The predicted octanol–water partition coefficient (Wildman–Crippen LogP) is 0.981. The van der Waals surface area contributed by atoms with E-state index >= 15 is 0 Å². The summed E-state index contributed by atoms with van der Waals surface area (Å²) < 4.78 is 6.81. The molecule has 0 aliphatic rings. The molecule has 2 heterocycles. The minimum atomic E-state index is -0.306. The van der Waals surface area contributed by atoms with Gasteiger partial charge in [-0.2, -0.15) is 0 Å². The normalized spacial score (nSPS) is 10.7. The second kappa shape index (κ2) is 6.88. The Morgan fingerprint density at radius 1 is 1.23 bits per heavy atom. The van der Waals surface area contributed by atoms with Crippen LogP contribution < -0.4 is 15.4 Å². The number of methoxy groups -OCH3 is 1. The number of aromatic nitrogens is 3. The molecule has 0 spiro atoms. The maximum atomic E-state index is 11.9. The zero-order valence-corrected chi connectivity index (χ0v) is 12.8. The molecule has 0 aromatic carbocycles. The molecule has 2 N–H and O–H groups in total. The van der Waals surface area contributed by atoms with Gasteiger partial charge in [-0.05, 0) is 26.0 Å². The Kier molecular flexibility index (Phi) is 4.92. The number of anilines is 1. The summed E-state index contributed by atoms with van der Waals surface area (Å²) in [4.78, 5) is 23.5. The summed E-state index contributed by atoms with van der Waals surface area (Å²) in [5, 5.41) is 13.2. The number of carbonyl (C=O) groups is 2. The number of amides is 2. The third-order valence-electron chi connectivity index (χ3n) is 2.88. The molecule has 0 unspecified atom stereocenters.